The highest BCUT2D eigenvalue weighted by atomic mass is 19.4. The Kier molecular flexibility index (Phi) is 4.02. The summed E-state index contributed by atoms with van der Waals surface area (Å²) in [5, 5.41) is 4.72. The van der Waals surface area contributed by atoms with E-state index in [0.717, 1.165) is 0 Å². The summed E-state index contributed by atoms with van der Waals surface area (Å²) in [5.41, 5.74) is 8.10. The number of ether oxygens (including phenoxy) is 1. The maximum Gasteiger partial charge on any atom is 0.471 e. The van der Waals surface area contributed by atoms with Gasteiger partial charge in [0.05, 0.1) is 6.54 Å². The number of amides is 1. The Hall–Kier alpha value is -1.96. The van der Waals surface area contributed by atoms with Crippen LogP contribution >= 0.6 is 0 Å². The van der Waals surface area contributed by atoms with Crippen LogP contribution in [-0.4, -0.2) is 36.7 Å². The smallest absolute Gasteiger partial charge is 0.460 e. The topological polar surface area (TPSA) is 104 Å². The number of carbonyl (C=O) groups excluding carboxylic acids is 2. The second-order valence-electron chi connectivity index (χ2n) is 3.70. The highest BCUT2D eigenvalue weighted by Gasteiger charge is 2.47. The Bertz CT molecular complexity index is 405. The third-order valence-electron chi connectivity index (χ3n) is 2.50. The first-order chi connectivity index (χ1) is 8.27. The van der Waals surface area contributed by atoms with Crippen LogP contribution in [0.4, 0.5) is 13.2 Å². The van der Waals surface area contributed by atoms with Gasteiger partial charge >= 0.3 is 18.1 Å². The molecule has 1 amide bonds. The van der Waals surface area contributed by atoms with Crippen molar-refractivity contribution in [3.63, 3.8) is 0 Å². The van der Waals surface area contributed by atoms with Crippen molar-refractivity contribution in [1.82, 2.24) is 5.32 Å². The van der Waals surface area contributed by atoms with Crippen molar-refractivity contribution in [1.29, 1.82) is 0 Å². The van der Waals surface area contributed by atoms with E-state index in [9.17, 15) is 22.8 Å². The molecule has 10 heteroatoms. The Balaban J connectivity index is 2.70. The number of nitrogens with one attached hydrogen (secondary N) is 1. The van der Waals surface area contributed by atoms with Crippen LogP contribution < -0.4 is 5.32 Å². The second-order valence-corrected chi connectivity index (χ2v) is 3.70. The minimum Gasteiger partial charge on any atom is -0.460 e. The van der Waals surface area contributed by atoms with Gasteiger partial charge in [-0.25, -0.2) is 4.79 Å². The maximum atomic E-state index is 12.0. The van der Waals surface area contributed by atoms with Crippen LogP contribution in [0.3, 0.4) is 0 Å². The lowest BCUT2D eigenvalue weighted by atomic mass is 9.99. The minimum absolute atomic E-state index is 0.193. The Morgan fingerprint density at radius 3 is 2.72 bits per heavy atom. The van der Waals surface area contributed by atoms with Crippen LogP contribution in [0, 0.1) is 5.92 Å². The summed E-state index contributed by atoms with van der Waals surface area (Å²) in [6.07, 6.45) is -5.91. The quantitative estimate of drug-likeness (QED) is 0.355. The fraction of sp³-hybridized carbons (Fsp3) is 0.750. The summed E-state index contributed by atoms with van der Waals surface area (Å²) in [6, 6.07) is -1.39. The van der Waals surface area contributed by atoms with Crippen molar-refractivity contribution in [2.24, 2.45) is 11.0 Å². The largest absolute Gasteiger partial charge is 0.471 e. The molecule has 18 heavy (non-hydrogen) atoms. The SMILES string of the molecule is C[C@@H]1[C@H](CN=[N+]=[N-])OC(=O)[C@H]1NC(=O)C(F)(F)F. The zero-order valence-electron chi connectivity index (χ0n) is 9.14. The predicted molar refractivity (Wildman–Crippen MR) is 51.0 cm³/mol. The Labute approximate surface area is 98.9 Å². The van der Waals surface area contributed by atoms with Gasteiger partial charge in [0.2, 0.25) is 0 Å². The monoisotopic (exact) mass is 266 g/mol. The number of nitrogens with zero attached hydrogens (tertiary/aromatic N) is 3. The maximum absolute atomic E-state index is 12.0. The van der Waals surface area contributed by atoms with Gasteiger partial charge in [0.25, 0.3) is 0 Å². The van der Waals surface area contributed by atoms with Gasteiger partial charge in [-0.15, -0.1) is 0 Å². The van der Waals surface area contributed by atoms with Crippen LogP contribution in [0.5, 0.6) is 0 Å². The summed E-state index contributed by atoms with van der Waals surface area (Å²) in [4.78, 5) is 24.4. The van der Waals surface area contributed by atoms with Crippen molar-refractivity contribution in [3.8, 4) is 0 Å². The number of hydrogen-bond acceptors (Lipinski definition) is 4. The molecular weight excluding hydrogens is 257 g/mol. The molecule has 0 saturated carbocycles. The average molecular weight is 266 g/mol. The zero-order valence-corrected chi connectivity index (χ0v) is 9.14. The molecule has 0 bridgehead atoms. The molecule has 0 aromatic rings. The van der Waals surface area contributed by atoms with Crippen LogP contribution in [0.15, 0.2) is 5.11 Å². The summed E-state index contributed by atoms with van der Waals surface area (Å²) in [6.45, 7) is 1.23. The van der Waals surface area contributed by atoms with E-state index >= 15 is 0 Å². The van der Waals surface area contributed by atoms with Crippen LogP contribution in [0.25, 0.3) is 10.4 Å². The van der Waals surface area contributed by atoms with Gasteiger partial charge in [-0.2, -0.15) is 13.2 Å². The van der Waals surface area contributed by atoms with E-state index < -0.39 is 36.1 Å². The molecule has 0 radical (unpaired) electrons. The number of azide groups is 1. The highest BCUT2D eigenvalue weighted by Crippen LogP contribution is 2.24. The molecule has 0 unspecified atom stereocenters. The normalized spacial score (nSPS) is 27.3. The van der Waals surface area contributed by atoms with Crippen molar-refractivity contribution >= 4 is 11.9 Å². The lowest BCUT2D eigenvalue weighted by Crippen LogP contribution is -2.47. The standard InChI is InChI=1S/C8H9F3N4O3/c1-3-4(2-13-15-12)18-6(16)5(3)14-7(17)8(9,10)11/h3-5H,2H2,1H3,(H,14,17)/t3-,4+,5+/m1/s1. The molecular formula is C8H9F3N4O3. The molecule has 1 heterocycles. The zero-order chi connectivity index (χ0) is 13.9. The molecule has 1 aliphatic heterocycles. The fourth-order valence-electron chi connectivity index (χ4n) is 1.49. The Morgan fingerprint density at radius 2 is 2.22 bits per heavy atom. The van der Waals surface area contributed by atoms with Crippen molar-refractivity contribution in [2.45, 2.75) is 25.2 Å². The minimum atomic E-state index is -5.07. The first-order valence-corrected chi connectivity index (χ1v) is 4.86. The van der Waals surface area contributed by atoms with Crippen LogP contribution in [-0.2, 0) is 14.3 Å². The number of rotatable bonds is 3. The van der Waals surface area contributed by atoms with Gasteiger partial charge in [-0.05, 0) is 5.53 Å². The van der Waals surface area contributed by atoms with E-state index in [0.29, 0.717) is 0 Å². The van der Waals surface area contributed by atoms with Gasteiger partial charge in [-0.1, -0.05) is 12.0 Å². The molecule has 3 atom stereocenters. The van der Waals surface area contributed by atoms with E-state index in [2.05, 4.69) is 10.0 Å². The summed E-state index contributed by atoms with van der Waals surface area (Å²) < 4.78 is 40.8. The van der Waals surface area contributed by atoms with Gasteiger partial charge < -0.3 is 10.1 Å². The van der Waals surface area contributed by atoms with Gasteiger partial charge in [0.15, 0.2) is 0 Å². The number of esters is 1. The first kappa shape index (κ1) is 14.1. The molecule has 100 valence electrons. The molecule has 1 saturated heterocycles. The van der Waals surface area contributed by atoms with Gasteiger partial charge in [0.1, 0.15) is 12.1 Å². The lowest BCUT2D eigenvalue weighted by molar-refractivity contribution is -0.175. The summed E-state index contributed by atoms with van der Waals surface area (Å²) in [7, 11) is 0. The van der Waals surface area contributed by atoms with E-state index in [1.165, 1.54) is 6.92 Å². The third kappa shape index (κ3) is 3.04. The average Bonchev–Trinajstić information content (AvgIpc) is 2.52. The Morgan fingerprint density at radius 1 is 1.61 bits per heavy atom. The van der Waals surface area contributed by atoms with E-state index in [-0.39, 0.29) is 6.54 Å². The number of hydrogen-bond donors (Lipinski definition) is 1. The highest BCUT2D eigenvalue weighted by molar-refractivity contribution is 5.88. The number of carbonyl (C=O) groups is 2. The molecule has 7 nitrogen and oxygen atoms in total. The number of halogens is 3. The molecule has 0 aromatic carbocycles. The third-order valence-corrected chi connectivity index (χ3v) is 2.50. The molecule has 1 fully saturated rings. The number of alkyl halides is 3. The lowest BCUT2D eigenvalue weighted by Gasteiger charge is -2.16. The van der Waals surface area contributed by atoms with Crippen molar-refractivity contribution in [3.05, 3.63) is 10.4 Å². The van der Waals surface area contributed by atoms with E-state index in [1.54, 1.807) is 5.32 Å². The summed E-state index contributed by atoms with van der Waals surface area (Å²) in [5.74, 6) is -3.90. The summed E-state index contributed by atoms with van der Waals surface area (Å²) >= 11 is 0. The molecule has 1 aliphatic rings. The van der Waals surface area contributed by atoms with Gasteiger partial charge in [0, 0.05) is 10.8 Å². The molecule has 1 rings (SSSR count). The first-order valence-electron chi connectivity index (χ1n) is 4.86. The number of cyclic esters (lactones) is 1. The molecule has 0 aliphatic carbocycles. The van der Waals surface area contributed by atoms with E-state index in [4.69, 9.17) is 10.3 Å². The molecule has 1 N–H and O–H groups in total. The van der Waals surface area contributed by atoms with Crippen molar-refractivity contribution < 1.29 is 27.5 Å². The second kappa shape index (κ2) is 5.13. The van der Waals surface area contributed by atoms with Crippen LogP contribution in [0.1, 0.15) is 6.92 Å². The van der Waals surface area contributed by atoms with E-state index in [1.807, 2.05) is 0 Å². The van der Waals surface area contributed by atoms with Crippen LogP contribution in [0.2, 0.25) is 0 Å². The van der Waals surface area contributed by atoms with Crippen molar-refractivity contribution in [2.75, 3.05) is 6.54 Å². The molecule has 0 aromatic heterocycles. The molecule has 0 spiro atoms. The van der Waals surface area contributed by atoms with Gasteiger partial charge in [-0.3, -0.25) is 4.79 Å². The fourth-order valence-corrected chi connectivity index (χ4v) is 1.49. The predicted octanol–water partition coefficient (Wildman–Crippen LogP) is 0.905.